The first kappa shape index (κ1) is 30.7. The van der Waals surface area contributed by atoms with Gasteiger partial charge in [0.1, 0.15) is 0 Å². The molecular weight excluding hydrogens is 689 g/mol. The first-order chi connectivity index (χ1) is 18.8. The summed E-state index contributed by atoms with van der Waals surface area (Å²) in [4.78, 5) is 8.72. The van der Waals surface area contributed by atoms with Crippen LogP contribution >= 0.6 is 0 Å². The minimum Gasteiger partial charge on any atom is -0.509 e. The van der Waals surface area contributed by atoms with Gasteiger partial charge in [0, 0.05) is 62.0 Å². The minimum absolute atomic E-state index is 0. The molecule has 0 N–H and O–H groups in total. The van der Waals surface area contributed by atoms with Crippen molar-refractivity contribution < 1.29 is 30.5 Å². The molecule has 1 aliphatic heterocycles. The van der Waals surface area contributed by atoms with E-state index in [9.17, 15) is 0 Å². The van der Waals surface area contributed by atoms with Crippen molar-refractivity contribution in [1.29, 1.82) is 0 Å². The van der Waals surface area contributed by atoms with Crippen molar-refractivity contribution in [3.63, 3.8) is 0 Å². The number of aromatic nitrogens is 1. The van der Waals surface area contributed by atoms with Crippen molar-refractivity contribution in [2.75, 3.05) is 16.8 Å². The summed E-state index contributed by atoms with van der Waals surface area (Å²) >= 11 is 0. The fourth-order valence-electron chi connectivity index (χ4n) is 4.61. The van der Waals surface area contributed by atoms with Crippen LogP contribution in [-0.2, 0) is 31.9 Å². The second kappa shape index (κ2) is 11.5. The summed E-state index contributed by atoms with van der Waals surface area (Å²) in [5.41, 5.74) is 7.97. The molecule has 5 rings (SSSR count). The van der Waals surface area contributed by atoms with Crippen LogP contribution in [0, 0.1) is 32.6 Å². The molecule has 0 fully saturated rings. The van der Waals surface area contributed by atoms with Gasteiger partial charge in [0.15, 0.2) is 0 Å². The Kier molecular flexibility index (Phi) is 8.62. The predicted molar refractivity (Wildman–Crippen MR) is 163 cm³/mol. The molecular formula is C35H38N3O2Pt-3. The normalized spacial score (nSPS) is 13.1. The average Bonchev–Trinajstić information content (AvgIpc) is 3.18. The van der Waals surface area contributed by atoms with Crippen molar-refractivity contribution in [3.8, 4) is 23.1 Å². The molecule has 5 nitrogen and oxygen atoms in total. The molecule has 2 heterocycles. The number of hydrogen-bond acceptors (Lipinski definition) is 5. The van der Waals surface area contributed by atoms with E-state index >= 15 is 0 Å². The van der Waals surface area contributed by atoms with E-state index in [0.29, 0.717) is 23.1 Å². The Morgan fingerprint density at radius 3 is 2.02 bits per heavy atom. The van der Waals surface area contributed by atoms with Gasteiger partial charge in [-0.3, -0.25) is 0 Å². The second-order valence-corrected chi connectivity index (χ2v) is 12.6. The maximum atomic E-state index is 6.36. The van der Waals surface area contributed by atoms with Gasteiger partial charge in [-0.2, -0.15) is 12.7 Å². The third kappa shape index (κ3) is 6.78. The number of benzene rings is 3. The first-order valence-electron chi connectivity index (χ1n) is 13.7. The van der Waals surface area contributed by atoms with Crippen molar-refractivity contribution in [3.05, 3.63) is 102 Å². The zero-order valence-electron chi connectivity index (χ0n) is 25.3. The van der Waals surface area contributed by atoms with Crippen molar-refractivity contribution in [1.82, 2.24) is 4.98 Å². The molecule has 0 bridgehead atoms. The van der Waals surface area contributed by atoms with Crippen LogP contribution in [0.4, 0.5) is 17.1 Å². The van der Waals surface area contributed by atoms with E-state index in [1.807, 2.05) is 30.3 Å². The standard InChI is InChI=1S/C35H38N3O2.Pt/c1-23-15-31-32(16-24(23)2)38(22-37(31)9)27-17-26(35(6,7)8)18-30(20-27)39-28-11-10-12-29(21-28)40-33-19-25(13-14-36-33)34(3,4)5;/h10-19,22H,1-9H3;/q-3;. The number of hydrogen-bond donors (Lipinski definition) is 0. The zero-order valence-corrected chi connectivity index (χ0v) is 27.6. The maximum absolute atomic E-state index is 6.36. The van der Waals surface area contributed by atoms with Crippen LogP contribution in [-0.4, -0.2) is 12.0 Å². The monoisotopic (exact) mass is 727 g/mol. The summed E-state index contributed by atoms with van der Waals surface area (Å²) in [5.74, 6) is 2.24. The van der Waals surface area contributed by atoms with Gasteiger partial charge in [-0.05, 0) is 66.6 Å². The van der Waals surface area contributed by atoms with E-state index in [0.717, 1.165) is 22.5 Å². The van der Waals surface area contributed by atoms with Crippen molar-refractivity contribution in [2.45, 2.75) is 66.2 Å². The first-order valence-corrected chi connectivity index (χ1v) is 13.7. The summed E-state index contributed by atoms with van der Waals surface area (Å²) in [5, 5.41) is 0. The third-order valence-corrected chi connectivity index (χ3v) is 7.25. The fourth-order valence-corrected chi connectivity index (χ4v) is 4.61. The summed E-state index contributed by atoms with van der Waals surface area (Å²) in [6, 6.07) is 25.1. The number of nitrogens with zero attached hydrogens (tertiary/aromatic N) is 3. The minimum atomic E-state index is -0.0853. The van der Waals surface area contributed by atoms with Crippen LogP contribution in [0.2, 0.25) is 0 Å². The molecule has 0 saturated carbocycles. The Bertz CT molecular complexity index is 1550. The third-order valence-electron chi connectivity index (χ3n) is 7.25. The van der Waals surface area contributed by atoms with E-state index in [2.05, 4.69) is 120 Å². The summed E-state index contributed by atoms with van der Waals surface area (Å²) in [7, 11) is 2.07. The zero-order chi connectivity index (χ0) is 28.8. The molecule has 3 aromatic carbocycles. The predicted octanol–water partition coefficient (Wildman–Crippen LogP) is 9.18. The SMILES string of the molecule is Cc1cc2c(cc1C)N(c1[c-]c(Oc3[c-]c(Oc4cc(C(C)(C)C)ccn4)ccc3)cc(C(C)(C)C)c1)[CH-]N2C.[Pt]. The number of pyridine rings is 1. The number of anilines is 3. The smallest absolute Gasteiger partial charge is 0.216 e. The van der Waals surface area contributed by atoms with E-state index in [1.54, 1.807) is 6.20 Å². The molecule has 0 radical (unpaired) electrons. The van der Waals surface area contributed by atoms with Gasteiger partial charge in [-0.1, -0.05) is 47.6 Å². The molecule has 0 saturated heterocycles. The molecule has 0 atom stereocenters. The molecule has 0 aliphatic carbocycles. The van der Waals surface area contributed by atoms with Gasteiger partial charge in [-0.25, -0.2) is 4.98 Å². The number of aryl methyl sites for hydroxylation is 2. The fraction of sp³-hybridized carbons (Fsp3) is 0.314. The molecule has 0 spiro atoms. The molecule has 1 aliphatic rings. The number of ether oxygens (including phenoxy) is 2. The van der Waals surface area contributed by atoms with Gasteiger partial charge < -0.3 is 19.3 Å². The molecule has 4 aromatic rings. The van der Waals surface area contributed by atoms with Crippen molar-refractivity contribution in [2.24, 2.45) is 0 Å². The van der Waals surface area contributed by atoms with E-state index in [4.69, 9.17) is 9.47 Å². The number of rotatable bonds is 5. The van der Waals surface area contributed by atoms with E-state index < -0.39 is 0 Å². The van der Waals surface area contributed by atoms with E-state index in [1.165, 1.54) is 16.8 Å². The van der Waals surface area contributed by atoms with Crippen LogP contribution in [0.1, 0.15) is 63.8 Å². The molecule has 0 unspecified atom stereocenters. The van der Waals surface area contributed by atoms with Crippen LogP contribution in [0.25, 0.3) is 0 Å². The Hall–Kier alpha value is -3.30. The van der Waals surface area contributed by atoms with Crippen LogP contribution < -0.4 is 19.3 Å². The maximum Gasteiger partial charge on any atom is 0.216 e. The summed E-state index contributed by atoms with van der Waals surface area (Å²) in [6.07, 6.45) is 1.78. The van der Waals surface area contributed by atoms with Gasteiger partial charge in [-0.15, -0.1) is 41.6 Å². The Morgan fingerprint density at radius 1 is 0.732 bits per heavy atom. The molecule has 1 aromatic heterocycles. The summed E-state index contributed by atoms with van der Waals surface area (Å²) in [6.45, 7) is 19.5. The molecule has 0 amide bonds. The van der Waals surface area contributed by atoms with Crippen LogP contribution in [0.5, 0.6) is 23.1 Å². The van der Waals surface area contributed by atoms with Gasteiger partial charge in [0.05, 0.1) is 0 Å². The quantitative estimate of drug-likeness (QED) is 0.192. The average molecular weight is 728 g/mol. The topological polar surface area (TPSA) is 37.8 Å². The van der Waals surface area contributed by atoms with Crippen LogP contribution in [0.15, 0.2) is 60.8 Å². The van der Waals surface area contributed by atoms with Crippen LogP contribution in [0.3, 0.4) is 0 Å². The van der Waals surface area contributed by atoms with Gasteiger partial charge in [0.2, 0.25) is 5.88 Å². The van der Waals surface area contributed by atoms with Gasteiger partial charge >= 0.3 is 0 Å². The Balaban J connectivity index is 0.00000387. The molecule has 6 heteroatoms. The largest absolute Gasteiger partial charge is 0.509 e. The second-order valence-electron chi connectivity index (χ2n) is 12.6. The van der Waals surface area contributed by atoms with Crippen molar-refractivity contribution >= 4 is 17.1 Å². The Labute approximate surface area is 259 Å². The molecule has 218 valence electrons. The van der Waals surface area contributed by atoms with Gasteiger partial charge in [0.25, 0.3) is 0 Å². The Morgan fingerprint density at radius 2 is 1.37 bits per heavy atom. The van der Waals surface area contributed by atoms with E-state index in [-0.39, 0.29) is 31.9 Å². The summed E-state index contributed by atoms with van der Waals surface area (Å²) < 4.78 is 12.4. The molecule has 41 heavy (non-hydrogen) atoms. The number of fused-ring (bicyclic) bond motifs is 1.